The number of ether oxygens (including phenoxy) is 4. The van der Waals surface area contributed by atoms with Crippen LogP contribution < -0.4 is 0 Å². The van der Waals surface area contributed by atoms with Crippen molar-refractivity contribution in [1.29, 1.82) is 0 Å². The van der Waals surface area contributed by atoms with E-state index in [9.17, 15) is 35.4 Å². The Morgan fingerprint density at radius 1 is 1.12 bits per heavy atom. The van der Waals surface area contributed by atoms with Crippen molar-refractivity contribution in [1.82, 2.24) is 0 Å². The van der Waals surface area contributed by atoms with Crippen molar-refractivity contribution in [2.45, 2.75) is 62.0 Å². The number of hydrogen-bond donors (Lipinski definition) is 6. The molecular formula is C22H28O11. The van der Waals surface area contributed by atoms with Gasteiger partial charge in [-0.3, -0.25) is 0 Å². The Bertz CT molecular complexity index is 868. The van der Waals surface area contributed by atoms with E-state index in [0.717, 1.165) is 0 Å². The molecule has 11 nitrogen and oxygen atoms in total. The molecule has 1 aliphatic carbocycles. The molecule has 0 spiro atoms. The molecule has 6 N–H and O–H groups in total. The number of phenolic OH excluding ortho intramolecular Hbond substituents is 1. The Kier molecular flexibility index (Phi) is 6.65. The smallest absolute Gasteiger partial charge is 0.338 e. The third-order valence-electron chi connectivity index (χ3n) is 6.46. The summed E-state index contributed by atoms with van der Waals surface area (Å²) in [7, 11) is 0. The molecule has 2 aliphatic heterocycles. The van der Waals surface area contributed by atoms with Crippen molar-refractivity contribution in [3.05, 3.63) is 42.2 Å². The van der Waals surface area contributed by atoms with Crippen LogP contribution in [0.3, 0.4) is 0 Å². The number of carbonyl (C=O) groups excluding carboxylic acids is 1. The minimum atomic E-state index is -1.63. The van der Waals surface area contributed by atoms with E-state index in [-0.39, 0.29) is 17.7 Å². The fraction of sp³-hybridized carbons (Fsp3) is 0.591. The molecular weight excluding hydrogens is 440 g/mol. The molecule has 0 unspecified atom stereocenters. The zero-order chi connectivity index (χ0) is 23.9. The van der Waals surface area contributed by atoms with Crippen LogP contribution in [0.1, 0.15) is 23.7 Å². The Balaban J connectivity index is 1.49. The highest BCUT2D eigenvalue weighted by molar-refractivity contribution is 5.89. The maximum atomic E-state index is 12.6. The number of hydrogen-bond acceptors (Lipinski definition) is 11. The van der Waals surface area contributed by atoms with Crippen LogP contribution in [0.25, 0.3) is 0 Å². The van der Waals surface area contributed by atoms with Gasteiger partial charge in [0.05, 0.1) is 30.0 Å². The number of fused-ring (bicyclic) bond motifs is 1. The lowest BCUT2D eigenvalue weighted by Gasteiger charge is -2.43. The summed E-state index contributed by atoms with van der Waals surface area (Å²) >= 11 is 0. The second-order valence-electron chi connectivity index (χ2n) is 8.82. The number of aliphatic hydroxyl groups is 5. The zero-order valence-electron chi connectivity index (χ0n) is 17.8. The van der Waals surface area contributed by atoms with E-state index >= 15 is 0 Å². The highest BCUT2D eigenvalue weighted by atomic mass is 16.8. The maximum Gasteiger partial charge on any atom is 0.338 e. The number of esters is 1. The van der Waals surface area contributed by atoms with E-state index in [1.807, 2.05) is 0 Å². The second kappa shape index (κ2) is 9.18. The monoisotopic (exact) mass is 468 g/mol. The fourth-order valence-corrected chi connectivity index (χ4v) is 4.69. The highest BCUT2D eigenvalue weighted by Crippen LogP contribution is 2.48. The Labute approximate surface area is 189 Å². The molecule has 1 aromatic rings. The number of phenols is 1. The quantitative estimate of drug-likeness (QED) is 0.292. The van der Waals surface area contributed by atoms with E-state index in [0.29, 0.717) is 0 Å². The highest BCUT2D eigenvalue weighted by Gasteiger charge is 2.58. The largest absolute Gasteiger partial charge is 0.508 e. The van der Waals surface area contributed by atoms with Gasteiger partial charge in [-0.25, -0.2) is 4.79 Å². The van der Waals surface area contributed by atoms with Gasteiger partial charge in [0.1, 0.15) is 36.3 Å². The van der Waals surface area contributed by atoms with Gasteiger partial charge in [0.25, 0.3) is 0 Å². The predicted molar refractivity (Wildman–Crippen MR) is 108 cm³/mol. The van der Waals surface area contributed by atoms with Gasteiger partial charge in [-0.15, -0.1) is 0 Å². The summed E-state index contributed by atoms with van der Waals surface area (Å²) in [5, 5.41) is 60.1. The van der Waals surface area contributed by atoms with Crippen LogP contribution in [0.4, 0.5) is 0 Å². The van der Waals surface area contributed by atoms with Crippen LogP contribution >= 0.6 is 0 Å². The molecule has 4 rings (SSSR count). The van der Waals surface area contributed by atoms with Crippen molar-refractivity contribution in [3.8, 4) is 5.75 Å². The minimum Gasteiger partial charge on any atom is -0.508 e. The molecule has 3 aliphatic rings. The summed E-state index contributed by atoms with van der Waals surface area (Å²) in [5.74, 6) is -1.84. The van der Waals surface area contributed by atoms with Crippen LogP contribution in [0.5, 0.6) is 5.75 Å². The van der Waals surface area contributed by atoms with Gasteiger partial charge in [-0.1, -0.05) is 0 Å². The number of carbonyl (C=O) groups is 1. The van der Waals surface area contributed by atoms with Gasteiger partial charge in [-0.2, -0.15) is 0 Å². The fourth-order valence-electron chi connectivity index (χ4n) is 4.69. The molecule has 1 aromatic carbocycles. The minimum absolute atomic E-state index is 0.0101. The first-order valence-electron chi connectivity index (χ1n) is 10.6. The zero-order valence-corrected chi connectivity index (χ0v) is 17.8. The SMILES string of the molecule is C[C@]1(O)C[C@H](OC(=O)c2ccc(O)cc2)[C@@H]2C=CO[C@@H](O[C@@H]3O[C@H](CO)[C@@H](O)[C@H](O)[C@H]3O)[C@@H]21. The summed E-state index contributed by atoms with van der Waals surface area (Å²) in [6.45, 7) is 0.931. The molecule has 2 fully saturated rings. The summed E-state index contributed by atoms with van der Waals surface area (Å²) in [6, 6.07) is 5.58. The van der Waals surface area contributed by atoms with Crippen LogP contribution in [0, 0.1) is 11.8 Å². The molecule has 1 saturated carbocycles. The van der Waals surface area contributed by atoms with Crippen LogP contribution in [0.15, 0.2) is 36.6 Å². The molecule has 0 amide bonds. The van der Waals surface area contributed by atoms with Gasteiger partial charge in [0, 0.05) is 12.3 Å². The first-order chi connectivity index (χ1) is 15.6. The third-order valence-corrected chi connectivity index (χ3v) is 6.46. The van der Waals surface area contributed by atoms with E-state index < -0.39 is 73.1 Å². The molecule has 33 heavy (non-hydrogen) atoms. The number of benzene rings is 1. The molecule has 10 atom stereocenters. The summed E-state index contributed by atoms with van der Waals surface area (Å²) in [6.07, 6.45) is -6.21. The Morgan fingerprint density at radius 2 is 1.82 bits per heavy atom. The molecule has 11 heteroatoms. The first-order valence-corrected chi connectivity index (χ1v) is 10.6. The van der Waals surface area contributed by atoms with Crippen molar-refractivity contribution in [2.75, 3.05) is 6.61 Å². The molecule has 0 bridgehead atoms. The third kappa shape index (κ3) is 4.58. The summed E-state index contributed by atoms with van der Waals surface area (Å²) in [5.41, 5.74) is -1.16. The average Bonchev–Trinajstić information content (AvgIpc) is 3.05. The first kappa shape index (κ1) is 23.9. The predicted octanol–water partition coefficient (Wildman–Crippen LogP) is -1.01. The molecule has 2 heterocycles. The van der Waals surface area contributed by atoms with Gasteiger partial charge in [0.2, 0.25) is 6.29 Å². The molecule has 1 saturated heterocycles. The maximum absolute atomic E-state index is 12.6. The molecule has 182 valence electrons. The summed E-state index contributed by atoms with van der Waals surface area (Å²) in [4.78, 5) is 12.6. The normalized spacial score (nSPS) is 42.4. The number of aromatic hydroxyl groups is 1. The Morgan fingerprint density at radius 3 is 2.48 bits per heavy atom. The van der Waals surface area contributed by atoms with Crippen LogP contribution in [-0.2, 0) is 18.9 Å². The number of rotatable bonds is 5. The van der Waals surface area contributed by atoms with Crippen molar-refractivity contribution in [3.63, 3.8) is 0 Å². The van der Waals surface area contributed by atoms with Gasteiger partial charge in [-0.05, 0) is 37.3 Å². The average molecular weight is 468 g/mol. The standard InChI is InChI=1S/C22H28O11/c1-22(29)8-13(31-19(28)10-2-4-11(24)5-3-10)12-6-7-30-20(15(12)22)33-21-18(27)17(26)16(25)14(9-23)32-21/h2-7,12-18,20-21,23-27,29H,8-9H2,1H3/t12-,13-,14+,15+,16+,17-,18+,20-,21-,22-/m0/s1. The van der Waals surface area contributed by atoms with Gasteiger partial charge < -0.3 is 49.6 Å². The Hall–Kier alpha value is -2.25. The lowest BCUT2D eigenvalue weighted by molar-refractivity contribution is -0.346. The number of aliphatic hydroxyl groups excluding tert-OH is 4. The van der Waals surface area contributed by atoms with Crippen molar-refractivity contribution >= 4 is 5.97 Å². The van der Waals surface area contributed by atoms with E-state index in [1.165, 1.54) is 30.5 Å². The molecule has 0 radical (unpaired) electrons. The van der Waals surface area contributed by atoms with E-state index in [1.54, 1.807) is 13.0 Å². The lowest BCUT2D eigenvalue weighted by Crippen LogP contribution is -2.60. The van der Waals surface area contributed by atoms with E-state index in [2.05, 4.69) is 0 Å². The summed E-state index contributed by atoms with van der Waals surface area (Å²) < 4.78 is 22.3. The van der Waals surface area contributed by atoms with Crippen molar-refractivity contribution in [2.24, 2.45) is 11.8 Å². The van der Waals surface area contributed by atoms with Crippen molar-refractivity contribution < 1.29 is 54.4 Å². The second-order valence-corrected chi connectivity index (χ2v) is 8.82. The van der Waals surface area contributed by atoms with Gasteiger partial charge >= 0.3 is 5.97 Å². The lowest BCUT2D eigenvalue weighted by atomic mass is 9.85. The van der Waals surface area contributed by atoms with Crippen LogP contribution in [0.2, 0.25) is 0 Å². The van der Waals surface area contributed by atoms with E-state index in [4.69, 9.17) is 18.9 Å². The van der Waals surface area contributed by atoms with Gasteiger partial charge in [0.15, 0.2) is 6.29 Å². The van der Waals surface area contributed by atoms with Crippen LogP contribution in [-0.4, -0.2) is 91.9 Å². The molecule has 0 aromatic heterocycles. The topological polar surface area (TPSA) is 175 Å².